The lowest BCUT2D eigenvalue weighted by Gasteiger charge is -2.44. The largest absolute Gasteiger partial charge is 0.383 e. The first-order valence-corrected chi connectivity index (χ1v) is 17.4. The molecule has 3 unspecified atom stereocenters. The lowest BCUT2D eigenvalue weighted by atomic mass is 9.63. The van der Waals surface area contributed by atoms with E-state index in [0.29, 0.717) is 23.1 Å². The van der Waals surface area contributed by atoms with Crippen molar-refractivity contribution in [3.8, 4) is 0 Å². The Labute approximate surface area is 288 Å². The van der Waals surface area contributed by atoms with Crippen LogP contribution in [-0.2, 0) is 11.2 Å². The Morgan fingerprint density at radius 3 is 2.45 bits per heavy atom. The highest BCUT2D eigenvalue weighted by molar-refractivity contribution is 5.57. The summed E-state index contributed by atoms with van der Waals surface area (Å²) >= 11 is 0. The van der Waals surface area contributed by atoms with Gasteiger partial charge in [0.05, 0.1) is 17.3 Å². The average molecular weight is 648 g/mol. The van der Waals surface area contributed by atoms with Crippen LogP contribution in [0.4, 0.5) is 10.1 Å². The molecule has 2 rings (SSSR count). The lowest BCUT2D eigenvalue weighted by Crippen LogP contribution is -2.51. The van der Waals surface area contributed by atoms with E-state index in [0.717, 1.165) is 43.4 Å². The molecule has 0 saturated carbocycles. The van der Waals surface area contributed by atoms with Crippen LogP contribution < -0.4 is 10.2 Å². The maximum Gasteiger partial charge on any atom is 0.149 e. The van der Waals surface area contributed by atoms with Crippen LogP contribution in [0.15, 0.2) is 85.4 Å². The SMILES string of the molecule is C=CN[C@]1(C)CC(C)CC(C)C(C)(C)[C@@H](CC(=C)C(C)N(C)C=C)C/C(=C/C)N(C)c2cc(cc(C)c2F)C/C(C)=C/C=C/[C@H]1OC. The van der Waals surface area contributed by atoms with E-state index in [9.17, 15) is 0 Å². The van der Waals surface area contributed by atoms with Gasteiger partial charge in [-0.2, -0.15) is 0 Å². The van der Waals surface area contributed by atoms with Crippen LogP contribution in [0.2, 0.25) is 0 Å². The van der Waals surface area contributed by atoms with Gasteiger partial charge in [0.15, 0.2) is 0 Å². The van der Waals surface area contributed by atoms with Gasteiger partial charge in [-0.05, 0) is 119 Å². The van der Waals surface area contributed by atoms with Gasteiger partial charge in [0.1, 0.15) is 5.82 Å². The minimum atomic E-state index is -0.330. The highest BCUT2D eigenvalue weighted by Crippen LogP contribution is 2.46. The molecule has 5 heteroatoms. The summed E-state index contributed by atoms with van der Waals surface area (Å²) in [6.45, 7) is 32.7. The fourth-order valence-electron chi connectivity index (χ4n) is 7.42. The fourth-order valence-corrected chi connectivity index (χ4v) is 7.42. The molecule has 262 valence electrons. The number of methoxy groups -OCH3 is 1. The smallest absolute Gasteiger partial charge is 0.149 e. The minimum absolute atomic E-state index is 0.0398. The molecule has 0 saturated heterocycles. The molecule has 1 aromatic carbocycles. The lowest BCUT2D eigenvalue weighted by molar-refractivity contribution is 0.0453. The molecule has 1 aliphatic rings. The number of halogens is 1. The van der Waals surface area contributed by atoms with Crippen LogP contribution in [-0.4, -0.2) is 43.8 Å². The van der Waals surface area contributed by atoms with E-state index < -0.39 is 0 Å². The summed E-state index contributed by atoms with van der Waals surface area (Å²) in [6.07, 6.45) is 16.5. The number of hydrogen-bond donors (Lipinski definition) is 1. The Balaban J connectivity index is 2.75. The first kappa shape index (κ1) is 40.1. The zero-order chi connectivity index (χ0) is 35.7. The first-order chi connectivity index (χ1) is 21.9. The first-order valence-electron chi connectivity index (χ1n) is 17.4. The summed E-state index contributed by atoms with van der Waals surface area (Å²) in [7, 11) is 5.85. The van der Waals surface area contributed by atoms with Gasteiger partial charge in [0.2, 0.25) is 0 Å². The Bertz CT molecular complexity index is 1320. The van der Waals surface area contributed by atoms with Crippen LogP contribution in [0, 0.1) is 35.9 Å². The molecule has 0 spiro atoms. The number of ether oxygens (including phenoxy) is 1. The summed E-state index contributed by atoms with van der Waals surface area (Å²) in [5.74, 6) is 0.942. The van der Waals surface area contributed by atoms with Crippen molar-refractivity contribution in [1.82, 2.24) is 10.2 Å². The van der Waals surface area contributed by atoms with E-state index in [1.54, 1.807) is 13.3 Å². The van der Waals surface area contributed by atoms with Gasteiger partial charge in [-0.25, -0.2) is 4.39 Å². The van der Waals surface area contributed by atoms with Gasteiger partial charge in [-0.15, -0.1) is 0 Å². The van der Waals surface area contributed by atoms with Crippen molar-refractivity contribution in [2.24, 2.45) is 23.2 Å². The topological polar surface area (TPSA) is 27.7 Å². The summed E-state index contributed by atoms with van der Waals surface area (Å²) < 4.78 is 22.0. The Morgan fingerprint density at radius 2 is 1.87 bits per heavy atom. The van der Waals surface area contributed by atoms with Gasteiger partial charge in [-0.1, -0.05) is 88.9 Å². The minimum Gasteiger partial charge on any atom is -0.383 e. The van der Waals surface area contributed by atoms with Crippen LogP contribution in [0.1, 0.15) is 92.2 Å². The number of hydrogen-bond acceptors (Lipinski definition) is 4. The highest BCUT2D eigenvalue weighted by Gasteiger charge is 2.39. The molecule has 4 nitrogen and oxygen atoms in total. The molecule has 47 heavy (non-hydrogen) atoms. The maximum absolute atomic E-state index is 15.9. The molecule has 2 bridgehead atoms. The van der Waals surface area contributed by atoms with E-state index in [1.165, 1.54) is 11.1 Å². The predicted octanol–water partition coefficient (Wildman–Crippen LogP) is 10.5. The summed E-state index contributed by atoms with van der Waals surface area (Å²) in [5, 5.41) is 3.56. The number of rotatable bonds is 8. The molecule has 0 aromatic heterocycles. The second kappa shape index (κ2) is 17.4. The normalized spacial score (nSPS) is 29.3. The van der Waals surface area contributed by atoms with E-state index in [2.05, 4.69) is 122 Å². The Kier molecular flexibility index (Phi) is 14.8. The number of allylic oxidation sites excluding steroid dienone is 5. The number of aryl methyl sites for hydroxylation is 1. The highest BCUT2D eigenvalue weighted by atomic mass is 19.1. The van der Waals surface area contributed by atoms with E-state index in [4.69, 9.17) is 4.74 Å². The van der Waals surface area contributed by atoms with Crippen molar-refractivity contribution >= 4 is 5.69 Å². The zero-order valence-corrected chi connectivity index (χ0v) is 31.8. The molecule has 0 radical (unpaired) electrons. The molecular formula is C42H66FN3O. The Hall–Kier alpha value is -3.05. The second-order valence-corrected chi connectivity index (χ2v) is 15.1. The van der Waals surface area contributed by atoms with Crippen molar-refractivity contribution in [3.63, 3.8) is 0 Å². The monoisotopic (exact) mass is 648 g/mol. The van der Waals surface area contributed by atoms with Gasteiger partial charge in [0.25, 0.3) is 0 Å². The molecule has 1 N–H and O–H groups in total. The summed E-state index contributed by atoms with van der Waals surface area (Å²) in [4.78, 5) is 4.20. The summed E-state index contributed by atoms with van der Waals surface area (Å²) in [5.41, 5.74) is 5.51. The molecule has 1 heterocycles. The number of anilines is 1. The van der Waals surface area contributed by atoms with Gasteiger partial charge < -0.3 is 19.9 Å². The summed E-state index contributed by atoms with van der Waals surface area (Å²) in [6, 6.07) is 4.17. The standard InChI is InChI=1S/C42H66FN3O/c1-16-37-27-36(25-31(6)34(9)45(13)18-3)41(10,11)33(8)22-30(5)28-42(12,44-17-2)39(47-15)21-19-20-29(4)23-35-24-32(7)40(43)38(26-35)46(37)14/h16-21,24,26,30,33-34,36,39,44H,2-3,6,22-23,25,27-28H2,1,4-5,7-15H3/b21-19+,29-20+,37-16-/t30?,33?,34?,36-,39+,42+/m0/s1. The molecule has 0 amide bonds. The fraction of sp³-hybridized carbons (Fsp3) is 0.571. The number of benzene rings is 1. The third kappa shape index (κ3) is 10.2. The van der Waals surface area contributed by atoms with Gasteiger partial charge >= 0.3 is 0 Å². The third-order valence-electron chi connectivity index (χ3n) is 11.2. The van der Waals surface area contributed by atoms with Crippen LogP contribution >= 0.6 is 0 Å². The molecule has 0 aliphatic carbocycles. The second-order valence-electron chi connectivity index (χ2n) is 15.1. The molecule has 1 aromatic rings. The van der Waals surface area contributed by atoms with Crippen molar-refractivity contribution in [1.29, 1.82) is 0 Å². The number of likely N-dealkylation sites (N-methyl/N-ethyl adjacent to an activating group) is 1. The van der Waals surface area contributed by atoms with Crippen LogP contribution in [0.3, 0.4) is 0 Å². The predicted molar refractivity (Wildman–Crippen MR) is 203 cm³/mol. The number of nitrogens with zero attached hydrogens (tertiary/aromatic N) is 2. The maximum atomic E-state index is 15.9. The van der Waals surface area contributed by atoms with E-state index in [1.807, 2.05) is 32.3 Å². The van der Waals surface area contributed by atoms with Gasteiger partial charge in [-0.3, -0.25) is 0 Å². The van der Waals surface area contributed by atoms with Gasteiger partial charge in [0, 0.05) is 32.9 Å². The van der Waals surface area contributed by atoms with Crippen molar-refractivity contribution in [2.75, 3.05) is 26.1 Å². The van der Waals surface area contributed by atoms with Crippen LogP contribution in [0.5, 0.6) is 0 Å². The zero-order valence-electron chi connectivity index (χ0n) is 31.8. The molecule has 0 fully saturated rings. The molecule has 6 atom stereocenters. The number of fused-ring (bicyclic) bond motifs is 2. The molecule has 1 aliphatic heterocycles. The average Bonchev–Trinajstić information content (AvgIpc) is 3.00. The quantitative estimate of drug-likeness (QED) is 0.284. The van der Waals surface area contributed by atoms with Crippen molar-refractivity contribution < 1.29 is 9.13 Å². The van der Waals surface area contributed by atoms with E-state index in [-0.39, 0.29) is 34.8 Å². The third-order valence-corrected chi connectivity index (χ3v) is 11.2. The van der Waals surface area contributed by atoms with Crippen molar-refractivity contribution in [2.45, 2.75) is 112 Å². The van der Waals surface area contributed by atoms with E-state index >= 15 is 4.39 Å². The number of nitrogens with one attached hydrogen (secondary N) is 1. The molecular weight excluding hydrogens is 581 g/mol. The Morgan fingerprint density at radius 1 is 1.21 bits per heavy atom. The van der Waals surface area contributed by atoms with Crippen molar-refractivity contribution in [3.05, 3.63) is 102 Å². The van der Waals surface area contributed by atoms with Crippen LogP contribution in [0.25, 0.3) is 0 Å².